The molecule has 150 valence electrons. The van der Waals surface area contributed by atoms with Gasteiger partial charge in [-0.3, -0.25) is 14.6 Å². The van der Waals surface area contributed by atoms with E-state index < -0.39 is 0 Å². The average Bonchev–Trinajstić information content (AvgIpc) is 3.42. The zero-order valence-corrected chi connectivity index (χ0v) is 18.3. The van der Waals surface area contributed by atoms with Crippen LogP contribution in [0, 0.1) is 5.92 Å². The third kappa shape index (κ3) is 8.09. The third-order valence-corrected chi connectivity index (χ3v) is 4.52. The van der Waals surface area contributed by atoms with Crippen LogP contribution in [0.3, 0.4) is 0 Å². The normalized spacial score (nSPS) is 18.1. The number of nitrogens with zero attached hydrogens (tertiary/aromatic N) is 2. The zero-order chi connectivity index (χ0) is 18.1. The number of esters is 1. The van der Waals surface area contributed by atoms with E-state index in [1.807, 2.05) is 13.8 Å². The van der Waals surface area contributed by atoms with E-state index in [0.717, 1.165) is 57.7 Å². The number of likely N-dealkylation sites (tertiary alicyclic amines) is 1. The highest BCUT2D eigenvalue weighted by Crippen LogP contribution is 2.19. The maximum Gasteiger partial charge on any atom is 0.309 e. The van der Waals surface area contributed by atoms with Crippen LogP contribution in [0.2, 0.25) is 0 Å². The van der Waals surface area contributed by atoms with Crippen molar-refractivity contribution in [1.82, 2.24) is 15.5 Å². The van der Waals surface area contributed by atoms with Crippen molar-refractivity contribution in [2.75, 3.05) is 32.8 Å². The largest absolute Gasteiger partial charge is 0.466 e. The van der Waals surface area contributed by atoms with Crippen LogP contribution in [-0.2, 0) is 14.3 Å². The van der Waals surface area contributed by atoms with Crippen molar-refractivity contribution < 1.29 is 14.3 Å². The van der Waals surface area contributed by atoms with Gasteiger partial charge in [0.15, 0.2) is 5.96 Å². The second kappa shape index (κ2) is 12.3. The Labute approximate surface area is 173 Å². The number of hydrogen-bond acceptors (Lipinski definition) is 4. The van der Waals surface area contributed by atoms with Crippen LogP contribution in [0.5, 0.6) is 0 Å². The number of nitrogens with one attached hydrogen (secondary N) is 2. The molecule has 1 heterocycles. The van der Waals surface area contributed by atoms with Crippen LogP contribution in [0.1, 0.15) is 52.4 Å². The Morgan fingerprint density at radius 2 is 1.85 bits per heavy atom. The van der Waals surface area contributed by atoms with E-state index in [0.29, 0.717) is 25.6 Å². The van der Waals surface area contributed by atoms with Crippen LogP contribution in [0.15, 0.2) is 4.99 Å². The van der Waals surface area contributed by atoms with Crippen molar-refractivity contribution >= 4 is 41.8 Å². The van der Waals surface area contributed by atoms with Gasteiger partial charge in [0.2, 0.25) is 5.91 Å². The summed E-state index contributed by atoms with van der Waals surface area (Å²) in [5.74, 6) is 0.946. The maximum atomic E-state index is 11.8. The van der Waals surface area contributed by atoms with Gasteiger partial charge in [0, 0.05) is 38.6 Å². The Hall–Kier alpha value is -1.06. The van der Waals surface area contributed by atoms with Crippen molar-refractivity contribution in [2.45, 2.75) is 58.4 Å². The Bertz CT molecular complexity index is 475. The van der Waals surface area contributed by atoms with Crippen LogP contribution < -0.4 is 10.6 Å². The van der Waals surface area contributed by atoms with E-state index in [1.54, 1.807) is 0 Å². The van der Waals surface area contributed by atoms with E-state index in [9.17, 15) is 9.59 Å². The van der Waals surface area contributed by atoms with Crippen molar-refractivity contribution in [3.05, 3.63) is 0 Å². The Kier molecular flexibility index (Phi) is 10.9. The molecule has 0 atom stereocenters. The first-order valence-electron chi connectivity index (χ1n) is 9.63. The molecule has 0 spiro atoms. The first kappa shape index (κ1) is 23.0. The van der Waals surface area contributed by atoms with Crippen LogP contribution in [-0.4, -0.2) is 61.6 Å². The quantitative estimate of drug-likeness (QED) is 0.182. The highest BCUT2D eigenvalue weighted by atomic mass is 127. The lowest BCUT2D eigenvalue weighted by molar-refractivity contribution is -0.149. The Morgan fingerprint density at radius 1 is 1.15 bits per heavy atom. The first-order chi connectivity index (χ1) is 12.1. The molecule has 0 radical (unpaired) electrons. The summed E-state index contributed by atoms with van der Waals surface area (Å²) in [6.45, 7) is 7.38. The topological polar surface area (TPSA) is 83.0 Å². The minimum atomic E-state index is -0.0780. The van der Waals surface area contributed by atoms with Gasteiger partial charge in [-0.05, 0) is 46.0 Å². The van der Waals surface area contributed by atoms with Gasteiger partial charge < -0.3 is 20.3 Å². The van der Waals surface area contributed by atoms with Crippen molar-refractivity contribution in [1.29, 1.82) is 0 Å². The standard InChI is InChI=1S/C18H32N4O3.HI/c1-3-19-18(20-11-5-6-16(23)21-15-7-8-15)22-12-9-14(10-13-22)17(24)25-4-2;/h14-15H,3-13H2,1-2H3,(H,19,20)(H,21,23);1H. The molecule has 2 N–H and O–H groups in total. The number of hydrogen-bond donors (Lipinski definition) is 2. The van der Waals surface area contributed by atoms with Gasteiger partial charge in [-0.2, -0.15) is 0 Å². The highest BCUT2D eigenvalue weighted by Gasteiger charge is 2.27. The number of aliphatic imine (C=N–C) groups is 1. The molecule has 0 unspecified atom stereocenters. The highest BCUT2D eigenvalue weighted by molar-refractivity contribution is 14.0. The molecule has 1 amide bonds. The molecule has 0 aromatic rings. The molecule has 2 rings (SSSR count). The summed E-state index contributed by atoms with van der Waals surface area (Å²) in [7, 11) is 0. The summed E-state index contributed by atoms with van der Waals surface area (Å²) >= 11 is 0. The third-order valence-electron chi connectivity index (χ3n) is 4.52. The molecule has 2 aliphatic rings. The number of halogens is 1. The number of carbonyl (C=O) groups is 2. The van der Waals surface area contributed by atoms with E-state index in [1.165, 1.54) is 0 Å². The summed E-state index contributed by atoms with van der Waals surface area (Å²) < 4.78 is 5.12. The summed E-state index contributed by atoms with van der Waals surface area (Å²) in [6, 6.07) is 0.425. The van der Waals surface area contributed by atoms with Crippen LogP contribution in [0.25, 0.3) is 0 Å². The molecule has 1 saturated carbocycles. The lowest BCUT2D eigenvalue weighted by atomic mass is 9.97. The van der Waals surface area contributed by atoms with Crippen molar-refractivity contribution in [2.24, 2.45) is 10.9 Å². The number of piperidine rings is 1. The second-order valence-corrected chi connectivity index (χ2v) is 6.69. The number of amides is 1. The van der Waals surface area contributed by atoms with Crippen LogP contribution in [0.4, 0.5) is 0 Å². The molecular formula is C18H33IN4O3. The molecule has 8 heteroatoms. The summed E-state index contributed by atoms with van der Waals surface area (Å²) in [5, 5.41) is 6.31. The lowest BCUT2D eigenvalue weighted by Gasteiger charge is -2.33. The Morgan fingerprint density at radius 3 is 2.42 bits per heavy atom. The maximum absolute atomic E-state index is 11.8. The van der Waals surface area contributed by atoms with Gasteiger partial charge in [-0.25, -0.2) is 0 Å². The molecule has 1 aliphatic heterocycles. The van der Waals surface area contributed by atoms with E-state index in [-0.39, 0.29) is 41.8 Å². The van der Waals surface area contributed by atoms with E-state index in [4.69, 9.17) is 4.74 Å². The summed E-state index contributed by atoms with van der Waals surface area (Å²) in [4.78, 5) is 30.4. The first-order valence-corrected chi connectivity index (χ1v) is 9.63. The Balaban J connectivity index is 0.00000338. The van der Waals surface area contributed by atoms with Gasteiger partial charge >= 0.3 is 5.97 Å². The molecule has 0 bridgehead atoms. The smallest absolute Gasteiger partial charge is 0.309 e. The minimum absolute atomic E-state index is 0. The molecular weight excluding hydrogens is 447 g/mol. The molecule has 1 saturated heterocycles. The molecule has 0 aromatic carbocycles. The SMILES string of the molecule is CCNC(=NCCCC(=O)NC1CC1)N1CCC(C(=O)OCC)CC1.I. The molecule has 0 aromatic heterocycles. The fraction of sp³-hybridized carbons (Fsp3) is 0.833. The van der Waals surface area contributed by atoms with Gasteiger partial charge in [-0.15, -0.1) is 24.0 Å². The monoisotopic (exact) mass is 480 g/mol. The van der Waals surface area contributed by atoms with Gasteiger partial charge in [0.25, 0.3) is 0 Å². The number of rotatable bonds is 8. The molecule has 1 aliphatic carbocycles. The van der Waals surface area contributed by atoms with E-state index in [2.05, 4.69) is 20.5 Å². The summed E-state index contributed by atoms with van der Waals surface area (Å²) in [5.41, 5.74) is 0. The molecule has 7 nitrogen and oxygen atoms in total. The number of carbonyl (C=O) groups excluding carboxylic acids is 2. The number of guanidine groups is 1. The summed E-state index contributed by atoms with van der Waals surface area (Å²) in [6.07, 6.45) is 5.13. The molecule has 26 heavy (non-hydrogen) atoms. The minimum Gasteiger partial charge on any atom is -0.466 e. The second-order valence-electron chi connectivity index (χ2n) is 6.69. The van der Waals surface area contributed by atoms with E-state index >= 15 is 0 Å². The van der Waals surface area contributed by atoms with Gasteiger partial charge in [-0.1, -0.05) is 0 Å². The average molecular weight is 480 g/mol. The van der Waals surface area contributed by atoms with Crippen LogP contribution >= 0.6 is 24.0 Å². The number of ether oxygens (including phenoxy) is 1. The van der Waals surface area contributed by atoms with Gasteiger partial charge in [0.1, 0.15) is 0 Å². The van der Waals surface area contributed by atoms with Gasteiger partial charge in [0.05, 0.1) is 12.5 Å². The van der Waals surface area contributed by atoms with Crippen molar-refractivity contribution in [3.8, 4) is 0 Å². The zero-order valence-electron chi connectivity index (χ0n) is 16.0. The van der Waals surface area contributed by atoms with Crippen molar-refractivity contribution in [3.63, 3.8) is 0 Å². The predicted octanol–water partition coefficient (Wildman–Crippen LogP) is 1.90. The fourth-order valence-electron chi connectivity index (χ4n) is 2.97. The predicted molar refractivity (Wildman–Crippen MR) is 113 cm³/mol. The molecule has 2 fully saturated rings. The lowest BCUT2D eigenvalue weighted by Crippen LogP contribution is -2.46. The fourth-order valence-corrected chi connectivity index (χ4v) is 2.97.